The van der Waals surface area contributed by atoms with Crippen molar-refractivity contribution in [3.63, 3.8) is 0 Å². The Hall–Kier alpha value is -1.25. The summed E-state index contributed by atoms with van der Waals surface area (Å²) in [4.78, 5) is 23.2. The minimum atomic E-state index is -1.79. The third kappa shape index (κ3) is 4.35. The van der Waals surface area contributed by atoms with E-state index in [0.717, 1.165) is 0 Å². The highest BCUT2D eigenvalue weighted by molar-refractivity contribution is 5.56. The van der Waals surface area contributed by atoms with Crippen molar-refractivity contribution in [2.75, 3.05) is 6.61 Å². The van der Waals surface area contributed by atoms with Crippen molar-refractivity contribution in [2.45, 2.75) is 18.3 Å². The molecule has 13 heavy (non-hydrogen) atoms. The molecule has 0 aliphatic rings. The van der Waals surface area contributed by atoms with Crippen molar-refractivity contribution in [2.24, 2.45) is 0 Å². The van der Waals surface area contributed by atoms with Crippen molar-refractivity contribution in [1.29, 1.82) is 0 Å². The molecule has 0 heterocycles. The standard InChI is InChI=1S/C5H9NO7/c7-1-3(8)5(10)4(9)2-13-6(11)12/h1,3-5,8-10H,2H2/t3-,4-,5+/m1/s1. The first-order valence-corrected chi connectivity index (χ1v) is 3.25. The Bertz CT molecular complexity index is 184. The van der Waals surface area contributed by atoms with Crippen molar-refractivity contribution >= 4 is 6.29 Å². The largest absolute Gasteiger partial charge is 0.388 e. The molecule has 0 aliphatic carbocycles. The van der Waals surface area contributed by atoms with E-state index in [9.17, 15) is 14.9 Å². The minimum Gasteiger partial charge on any atom is -0.388 e. The van der Waals surface area contributed by atoms with Gasteiger partial charge in [0.15, 0.2) is 6.29 Å². The second-order valence-corrected chi connectivity index (χ2v) is 2.20. The normalized spacial score (nSPS) is 17.2. The lowest BCUT2D eigenvalue weighted by Crippen LogP contribution is -2.41. The van der Waals surface area contributed by atoms with Crippen LogP contribution in [0.2, 0.25) is 0 Å². The van der Waals surface area contributed by atoms with Gasteiger partial charge in [-0.2, -0.15) is 0 Å². The van der Waals surface area contributed by atoms with Gasteiger partial charge in [0.1, 0.15) is 24.9 Å². The van der Waals surface area contributed by atoms with Crippen molar-refractivity contribution in [1.82, 2.24) is 0 Å². The molecule has 0 aromatic heterocycles. The highest BCUT2D eigenvalue weighted by Crippen LogP contribution is 1.99. The Balaban J connectivity index is 3.87. The van der Waals surface area contributed by atoms with Gasteiger partial charge in [-0.25, -0.2) is 0 Å². The van der Waals surface area contributed by atoms with Crippen LogP contribution in [0.3, 0.4) is 0 Å². The molecule has 0 spiro atoms. The molecule has 0 aliphatic heterocycles. The van der Waals surface area contributed by atoms with Gasteiger partial charge in [0.2, 0.25) is 0 Å². The lowest BCUT2D eigenvalue weighted by Gasteiger charge is -2.17. The van der Waals surface area contributed by atoms with Crippen LogP contribution in [-0.2, 0) is 9.63 Å². The van der Waals surface area contributed by atoms with Crippen molar-refractivity contribution in [3.05, 3.63) is 10.1 Å². The first kappa shape index (κ1) is 11.8. The second kappa shape index (κ2) is 5.41. The average Bonchev–Trinajstić information content (AvgIpc) is 2.11. The predicted molar refractivity (Wildman–Crippen MR) is 37.0 cm³/mol. The van der Waals surface area contributed by atoms with E-state index in [0.29, 0.717) is 0 Å². The van der Waals surface area contributed by atoms with E-state index >= 15 is 0 Å². The molecular formula is C5H9NO7. The Labute approximate surface area is 72.5 Å². The van der Waals surface area contributed by atoms with Crippen LogP contribution in [0.15, 0.2) is 0 Å². The molecule has 3 N–H and O–H groups in total. The van der Waals surface area contributed by atoms with E-state index in [1.807, 2.05) is 0 Å². The summed E-state index contributed by atoms with van der Waals surface area (Å²) in [6.45, 7) is -0.806. The van der Waals surface area contributed by atoms with Gasteiger partial charge >= 0.3 is 0 Å². The number of hydrogen-bond acceptors (Lipinski definition) is 7. The number of aliphatic hydroxyl groups is 3. The molecule has 0 rings (SSSR count). The van der Waals surface area contributed by atoms with Crippen molar-refractivity contribution < 1.29 is 30.0 Å². The first-order chi connectivity index (χ1) is 5.99. The van der Waals surface area contributed by atoms with Crippen LogP contribution in [0.1, 0.15) is 0 Å². The number of carbonyl (C=O) groups is 1. The Morgan fingerprint density at radius 3 is 2.38 bits per heavy atom. The number of rotatable bonds is 6. The van der Waals surface area contributed by atoms with Crippen LogP contribution in [0, 0.1) is 10.1 Å². The molecule has 0 aromatic carbocycles. The number of aliphatic hydroxyl groups excluding tert-OH is 3. The zero-order valence-electron chi connectivity index (χ0n) is 6.44. The molecule has 0 bridgehead atoms. The maximum Gasteiger partial charge on any atom is 0.294 e. The van der Waals surface area contributed by atoms with Gasteiger partial charge in [-0.05, 0) is 0 Å². The van der Waals surface area contributed by atoms with E-state index in [-0.39, 0.29) is 6.29 Å². The fraction of sp³-hybridized carbons (Fsp3) is 0.800. The molecule has 0 unspecified atom stereocenters. The molecule has 0 saturated heterocycles. The molecule has 8 heteroatoms. The molecule has 0 saturated carbocycles. The zero-order valence-corrected chi connectivity index (χ0v) is 6.44. The smallest absolute Gasteiger partial charge is 0.294 e. The SMILES string of the molecule is O=C[C@@H](O)[C@H](O)[C@H](O)CO[N+](=O)[O-]. The summed E-state index contributed by atoms with van der Waals surface area (Å²) < 4.78 is 0. The third-order valence-electron chi connectivity index (χ3n) is 1.23. The van der Waals surface area contributed by atoms with Gasteiger partial charge in [0.05, 0.1) is 0 Å². The van der Waals surface area contributed by atoms with Crippen LogP contribution in [0.25, 0.3) is 0 Å². The number of carbonyl (C=O) groups excluding carboxylic acids is 1. The highest BCUT2D eigenvalue weighted by atomic mass is 17.0. The lowest BCUT2D eigenvalue weighted by molar-refractivity contribution is -0.759. The molecular weight excluding hydrogens is 186 g/mol. The monoisotopic (exact) mass is 195 g/mol. The number of hydrogen-bond donors (Lipinski definition) is 3. The second-order valence-electron chi connectivity index (χ2n) is 2.20. The molecule has 0 amide bonds. The van der Waals surface area contributed by atoms with Gasteiger partial charge in [-0.3, -0.25) is 0 Å². The van der Waals surface area contributed by atoms with E-state index in [2.05, 4.69) is 4.84 Å². The Morgan fingerprint density at radius 1 is 1.46 bits per heavy atom. The first-order valence-electron chi connectivity index (χ1n) is 3.25. The summed E-state index contributed by atoms with van der Waals surface area (Å²) in [5, 5.41) is 34.9. The van der Waals surface area contributed by atoms with E-state index < -0.39 is 30.0 Å². The maximum absolute atomic E-state index is 9.89. The van der Waals surface area contributed by atoms with Crippen LogP contribution in [-0.4, -0.2) is 51.6 Å². The molecule has 76 valence electrons. The summed E-state index contributed by atoms with van der Waals surface area (Å²) in [7, 11) is 0. The van der Waals surface area contributed by atoms with E-state index in [1.54, 1.807) is 0 Å². The summed E-state index contributed by atoms with van der Waals surface area (Å²) in [6.07, 6.45) is -5.27. The molecule has 8 nitrogen and oxygen atoms in total. The van der Waals surface area contributed by atoms with Crippen LogP contribution in [0.4, 0.5) is 0 Å². The van der Waals surface area contributed by atoms with Gasteiger partial charge in [-0.15, -0.1) is 10.1 Å². The number of aldehydes is 1. The molecule has 0 aromatic rings. The maximum atomic E-state index is 9.89. The van der Waals surface area contributed by atoms with Crippen LogP contribution >= 0.6 is 0 Å². The van der Waals surface area contributed by atoms with Gasteiger partial charge in [0, 0.05) is 0 Å². The fourth-order valence-corrected chi connectivity index (χ4v) is 0.544. The van der Waals surface area contributed by atoms with E-state index in [4.69, 9.17) is 15.3 Å². The fourth-order valence-electron chi connectivity index (χ4n) is 0.544. The molecule has 0 fully saturated rings. The van der Waals surface area contributed by atoms with Crippen LogP contribution in [0.5, 0.6) is 0 Å². The molecule has 3 atom stereocenters. The summed E-state index contributed by atoms with van der Waals surface area (Å²) in [5.41, 5.74) is 0. The highest BCUT2D eigenvalue weighted by Gasteiger charge is 2.24. The third-order valence-corrected chi connectivity index (χ3v) is 1.23. The zero-order chi connectivity index (χ0) is 10.4. The number of nitrogens with zero attached hydrogens (tertiary/aromatic N) is 1. The summed E-state index contributed by atoms with van der Waals surface area (Å²) in [5.74, 6) is 0. The average molecular weight is 195 g/mol. The minimum absolute atomic E-state index is 0.0000463. The topological polar surface area (TPSA) is 130 Å². The Morgan fingerprint density at radius 2 is 2.00 bits per heavy atom. The lowest BCUT2D eigenvalue weighted by atomic mass is 10.1. The quantitative estimate of drug-likeness (QED) is 0.242. The Kier molecular flexibility index (Phi) is 4.89. The van der Waals surface area contributed by atoms with Crippen molar-refractivity contribution in [3.8, 4) is 0 Å². The van der Waals surface area contributed by atoms with Gasteiger partial charge < -0.3 is 25.0 Å². The van der Waals surface area contributed by atoms with E-state index in [1.165, 1.54) is 0 Å². The van der Waals surface area contributed by atoms with Gasteiger partial charge in [-0.1, -0.05) is 0 Å². The molecule has 0 radical (unpaired) electrons. The predicted octanol–water partition coefficient (Wildman–Crippen LogP) is -2.52. The van der Waals surface area contributed by atoms with Crippen LogP contribution < -0.4 is 0 Å². The summed E-state index contributed by atoms with van der Waals surface area (Å²) in [6, 6.07) is 0. The summed E-state index contributed by atoms with van der Waals surface area (Å²) >= 11 is 0. The van der Waals surface area contributed by atoms with Gasteiger partial charge in [0.25, 0.3) is 5.09 Å².